The number of rotatable bonds is 4. The van der Waals surface area contributed by atoms with Crippen molar-refractivity contribution in [3.8, 4) is 0 Å². The molecule has 1 saturated carbocycles. The van der Waals surface area contributed by atoms with Crippen LogP contribution in [0.4, 0.5) is 0 Å². The molecule has 0 bridgehead atoms. The first-order valence-electron chi connectivity index (χ1n) is 8.52. The molecule has 1 aliphatic carbocycles. The fraction of sp³-hybridized carbons (Fsp3) is 1.00. The average molecular weight is 283 g/mol. The van der Waals surface area contributed by atoms with E-state index in [1.54, 1.807) is 0 Å². The Morgan fingerprint density at radius 2 is 0.900 bits per heavy atom. The second-order valence-electron chi connectivity index (χ2n) is 9.06. The van der Waals surface area contributed by atoms with E-state index in [9.17, 15) is 0 Å². The van der Waals surface area contributed by atoms with Gasteiger partial charge in [-0.15, -0.1) is 0 Å². The molecule has 0 radical (unpaired) electrons. The Balaban J connectivity index is 2.34. The Morgan fingerprint density at radius 1 is 0.650 bits per heavy atom. The highest BCUT2D eigenvalue weighted by Crippen LogP contribution is 2.26. The van der Waals surface area contributed by atoms with Gasteiger partial charge in [0.1, 0.15) is 0 Å². The lowest BCUT2D eigenvalue weighted by atomic mass is 9.83. The molecule has 2 atom stereocenters. The molecule has 0 aromatic heterocycles. The van der Waals surface area contributed by atoms with Crippen LogP contribution in [0.2, 0.25) is 0 Å². The summed E-state index contributed by atoms with van der Waals surface area (Å²) in [5.74, 6) is 0. The summed E-state index contributed by atoms with van der Waals surface area (Å²) in [5.41, 5.74) is 0.714. The molecule has 2 N–H and O–H groups in total. The summed E-state index contributed by atoms with van der Waals surface area (Å²) in [6.07, 6.45) is 5.26. The van der Waals surface area contributed by atoms with Gasteiger partial charge in [-0.1, -0.05) is 41.5 Å². The summed E-state index contributed by atoms with van der Waals surface area (Å²) >= 11 is 0. The van der Waals surface area contributed by atoms with Gasteiger partial charge in [0.2, 0.25) is 0 Å². The molecule has 2 heteroatoms. The summed E-state index contributed by atoms with van der Waals surface area (Å²) in [6, 6.07) is 2.61. The minimum Gasteiger partial charge on any atom is -0.311 e. The van der Waals surface area contributed by atoms with E-state index >= 15 is 0 Å². The molecule has 0 spiro atoms. The largest absolute Gasteiger partial charge is 0.311 e. The molecular formula is C18H38N2. The minimum atomic E-state index is 0.357. The van der Waals surface area contributed by atoms with Gasteiger partial charge in [-0.2, -0.15) is 0 Å². The Kier molecular flexibility index (Phi) is 6.10. The Labute approximate surface area is 127 Å². The first-order valence-corrected chi connectivity index (χ1v) is 8.52. The van der Waals surface area contributed by atoms with Crippen molar-refractivity contribution in [2.24, 2.45) is 10.8 Å². The third kappa shape index (κ3) is 5.73. The molecule has 0 aliphatic heterocycles. The van der Waals surface area contributed by atoms with Gasteiger partial charge in [0, 0.05) is 24.2 Å². The van der Waals surface area contributed by atoms with Gasteiger partial charge in [0.05, 0.1) is 0 Å². The van der Waals surface area contributed by atoms with Crippen LogP contribution in [-0.2, 0) is 0 Å². The van der Waals surface area contributed by atoms with Crippen LogP contribution in [-0.4, -0.2) is 24.2 Å². The second-order valence-corrected chi connectivity index (χ2v) is 9.06. The highest BCUT2D eigenvalue weighted by Gasteiger charge is 2.28. The molecule has 0 saturated heterocycles. The topological polar surface area (TPSA) is 24.1 Å². The van der Waals surface area contributed by atoms with Crippen molar-refractivity contribution in [3.63, 3.8) is 0 Å². The molecule has 1 aliphatic rings. The maximum Gasteiger partial charge on any atom is 0.00898 e. The zero-order valence-corrected chi connectivity index (χ0v) is 15.1. The fourth-order valence-electron chi connectivity index (χ4n) is 2.63. The Hall–Kier alpha value is -0.0800. The van der Waals surface area contributed by atoms with Crippen LogP contribution in [0.3, 0.4) is 0 Å². The normalized spacial score (nSPS) is 28.2. The van der Waals surface area contributed by atoms with E-state index < -0.39 is 0 Å². The summed E-state index contributed by atoms with van der Waals surface area (Å²) in [7, 11) is 0. The molecule has 1 fully saturated rings. The number of hydrogen-bond acceptors (Lipinski definition) is 2. The lowest BCUT2D eigenvalue weighted by Crippen LogP contribution is -2.49. The van der Waals surface area contributed by atoms with Crippen LogP contribution in [0.15, 0.2) is 0 Å². The van der Waals surface area contributed by atoms with Gasteiger partial charge < -0.3 is 10.6 Å². The van der Waals surface area contributed by atoms with E-state index in [4.69, 9.17) is 0 Å². The maximum absolute atomic E-state index is 3.84. The molecule has 20 heavy (non-hydrogen) atoms. The zero-order chi connectivity index (χ0) is 15.6. The lowest BCUT2D eigenvalue weighted by Gasteiger charge is -2.38. The highest BCUT2D eigenvalue weighted by atomic mass is 15.0. The van der Waals surface area contributed by atoms with Crippen molar-refractivity contribution < 1.29 is 0 Å². The van der Waals surface area contributed by atoms with Crippen LogP contribution >= 0.6 is 0 Å². The van der Waals surface area contributed by atoms with Crippen molar-refractivity contribution in [2.75, 3.05) is 0 Å². The fourth-order valence-corrected chi connectivity index (χ4v) is 2.63. The molecule has 2 nitrogen and oxygen atoms in total. The van der Waals surface area contributed by atoms with Crippen molar-refractivity contribution in [1.82, 2.24) is 10.6 Å². The molecule has 120 valence electrons. The van der Waals surface area contributed by atoms with Crippen LogP contribution in [0, 0.1) is 10.8 Å². The SMILES string of the molecule is CC(NC1CCC(NC(C)C(C)(C)C)CC1)C(C)(C)C. The summed E-state index contributed by atoms with van der Waals surface area (Å²) in [6.45, 7) is 18.6. The molecule has 1 rings (SSSR count). The third-order valence-electron chi connectivity index (χ3n) is 5.30. The predicted octanol–water partition coefficient (Wildman–Crippen LogP) is 4.35. The van der Waals surface area contributed by atoms with E-state index in [2.05, 4.69) is 66.0 Å². The molecule has 0 amide bonds. The monoisotopic (exact) mass is 282 g/mol. The standard InChI is InChI=1S/C18H38N2/c1-13(17(3,4)5)19-15-9-11-16(12-10-15)20-14(2)18(6,7)8/h13-16,19-20H,9-12H2,1-8H3. The van der Waals surface area contributed by atoms with Crippen LogP contribution < -0.4 is 10.6 Å². The Morgan fingerprint density at radius 3 is 1.10 bits per heavy atom. The third-order valence-corrected chi connectivity index (χ3v) is 5.30. The van der Waals surface area contributed by atoms with E-state index in [1.165, 1.54) is 25.7 Å². The van der Waals surface area contributed by atoms with Gasteiger partial charge in [-0.3, -0.25) is 0 Å². The number of nitrogens with one attached hydrogen (secondary N) is 2. The van der Waals surface area contributed by atoms with Crippen molar-refractivity contribution in [2.45, 2.75) is 105 Å². The van der Waals surface area contributed by atoms with E-state index in [1.807, 2.05) is 0 Å². The van der Waals surface area contributed by atoms with Crippen molar-refractivity contribution >= 4 is 0 Å². The van der Waals surface area contributed by atoms with Gasteiger partial charge in [0.15, 0.2) is 0 Å². The van der Waals surface area contributed by atoms with Gasteiger partial charge in [-0.05, 0) is 50.4 Å². The minimum absolute atomic E-state index is 0.357. The van der Waals surface area contributed by atoms with Gasteiger partial charge in [-0.25, -0.2) is 0 Å². The first kappa shape index (κ1) is 18.0. The maximum atomic E-state index is 3.84. The van der Waals surface area contributed by atoms with E-state index in [0.29, 0.717) is 35.0 Å². The summed E-state index contributed by atoms with van der Waals surface area (Å²) in [4.78, 5) is 0. The van der Waals surface area contributed by atoms with Crippen LogP contribution in [0.1, 0.15) is 81.1 Å². The quantitative estimate of drug-likeness (QED) is 0.801. The second kappa shape index (κ2) is 6.79. The highest BCUT2D eigenvalue weighted by molar-refractivity contribution is 4.88. The summed E-state index contributed by atoms with van der Waals surface area (Å²) in [5, 5.41) is 7.67. The molecule has 2 unspecified atom stereocenters. The zero-order valence-electron chi connectivity index (χ0n) is 15.1. The van der Waals surface area contributed by atoms with Crippen LogP contribution in [0.25, 0.3) is 0 Å². The smallest absolute Gasteiger partial charge is 0.00898 e. The predicted molar refractivity (Wildman–Crippen MR) is 90.1 cm³/mol. The van der Waals surface area contributed by atoms with Crippen molar-refractivity contribution in [1.29, 1.82) is 0 Å². The molecule has 0 aromatic rings. The molecule has 0 aromatic carbocycles. The molecule has 0 heterocycles. The number of hydrogen-bond donors (Lipinski definition) is 2. The van der Waals surface area contributed by atoms with Gasteiger partial charge >= 0.3 is 0 Å². The van der Waals surface area contributed by atoms with E-state index in [0.717, 1.165) is 0 Å². The van der Waals surface area contributed by atoms with E-state index in [-0.39, 0.29) is 0 Å². The van der Waals surface area contributed by atoms with Crippen molar-refractivity contribution in [3.05, 3.63) is 0 Å². The summed E-state index contributed by atoms with van der Waals surface area (Å²) < 4.78 is 0. The first-order chi connectivity index (χ1) is 9.00. The lowest BCUT2D eigenvalue weighted by molar-refractivity contribution is 0.200. The average Bonchev–Trinajstić information content (AvgIpc) is 2.29. The van der Waals surface area contributed by atoms with Gasteiger partial charge in [0.25, 0.3) is 0 Å². The Bertz CT molecular complexity index is 247. The molecular weight excluding hydrogens is 244 g/mol. The van der Waals surface area contributed by atoms with Crippen LogP contribution in [0.5, 0.6) is 0 Å².